The van der Waals surface area contributed by atoms with Crippen molar-refractivity contribution in [3.8, 4) is 11.5 Å². The number of methoxy groups -OCH3 is 1. The molecular formula is C26H29N5O7. The predicted molar refractivity (Wildman–Crippen MR) is 137 cm³/mol. The van der Waals surface area contributed by atoms with E-state index in [1.54, 1.807) is 31.3 Å². The topological polar surface area (TPSA) is 153 Å². The number of imidazole rings is 1. The third-order valence-electron chi connectivity index (χ3n) is 5.03. The second-order valence-electron chi connectivity index (χ2n) is 7.78. The van der Waals surface area contributed by atoms with Crippen LogP contribution in [0.3, 0.4) is 0 Å². The Morgan fingerprint density at radius 3 is 2.63 bits per heavy atom. The van der Waals surface area contributed by atoms with Crippen LogP contribution in [0, 0.1) is 0 Å². The monoisotopic (exact) mass is 523 g/mol. The third-order valence-corrected chi connectivity index (χ3v) is 5.03. The quantitative estimate of drug-likeness (QED) is 0.175. The second-order valence-corrected chi connectivity index (χ2v) is 7.78. The first kappa shape index (κ1) is 27.7. The van der Waals surface area contributed by atoms with Crippen molar-refractivity contribution in [3.63, 3.8) is 0 Å². The lowest BCUT2D eigenvalue weighted by atomic mass is 10.1. The van der Waals surface area contributed by atoms with Gasteiger partial charge in [0.05, 0.1) is 26.3 Å². The first-order chi connectivity index (χ1) is 18.5. The molecule has 0 bridgehead atoms. The molecule has 0 aliphatic heterocycles. The minimum absolute atomic E-state index is 0.0601. The summed E-state index contributed by atoms with van der Waals surface area (Å²) in [6.07, 6.45) is 3.82. The van der Waals surface area contributed by atoms with E-state index in [-0.39, 0.29) is 26.2 Å². The molecular weight excluding hydrogens is 494 g/mol. The van der Waals surface area contributed by atoms with Crippen LogP contribution >= 0.6 is 0 Å². The first-order valence-electron chi connectivity index (χ1n) is 11.7. The third kappa shape index (κ3) is 8.97. The lowest BCUT2D eigenvalue weighted by Crippen LogP contribution is -2.47. The van der Waals surface area contributed by atoms with Gasteiger partial charge in [0.25, 0.3) is 5.91 Å². The van der Waals surface area contributed by atoms with Crippen molar-refractivity contribution in [2.75, 3.05) is 20.3 Å². The van der Waals surface area contributed by atoms with Crippen molar-refractivity contribution >= 4 is 24.2 Å². The summed E-state index contributed by atoms with van der Waals surface area (Å²) in [7, 11) is 1.46. The number of nitrogens with one attached hydrogen (secondary N) is 3. The van der Waals surface area contributed by atoms with Gasteiger partial charge < -0.3 is 29.2 Å². The predicted octanol–water partition coefficient (Wildman–Crippen LogP) is 2.35. The zero-order chi connectivity index (χ0) is 27.2. The molecule has 0 radical (unpaired) electrons. The number of alkyl carbamates (subject to hydrolysis) is 1. The summed E-state index contributed by atoms with van der Waals surface area (Å²) in [5.41, 5.74) is 4.46. The Kier molecular flexibility index (Phi) is 10.7. The molecule has 3 rings (SSSR count). The normalized spacial score (nSPS) is 11.4. The molecule has 0 spiro atoms. The molecule has 2 aromatic carbocycles. The fraction of sp³-hybridized carbons (Fsp3) is 0.269. The fourth-order valence-electron chi connectivity index (χ4n) is 3.20. The Bertz CT molecular complexity index is 1220. The molecule has 0 fully saturated rings. The molecule has 38 heavy (non-hydrogen) atoms. The van der Waals surface area contributed by atoms with Gasteiger partial charge in [-0.15, -0.1) is 0 Å². The van der Waals surface area contributed by atoms with Gasteiger partial charge in [0.1, 0.15) is 12.6 Å². The fourth-order valence-corrected chi connectivity index (χ4v) is 3.20. The molecule has 1 heterocycles. The summed E-state index contributed by atoms with van der Waals surface area (Å²) in [6.45, 7) is 1.77. The number of aromatic amines is 1. The van der Waals surface area contributed by atoms with Gasteiger partial charge in [-0.1, -0.05) is 30.3 Å². The standard InChI is InChI=1S/C26H29N5O7/c1-3-36-24(32)16-37-22-10-9-19(11-23(22)35-2)13-29-31-25(33)21(12-20-14-27-17-28-20)30-26(34)38-15-18-7-5-4-6-8-18/h4-11,13-14,17,21H,3,12,15-16H2,1-2H3,(H,27,28)(H,30,34)(H,31,33)/b29-13-/t21-/m1/s1. The number of H-pyrrole nitrogens is 1. The lowest BCUT2D eigenvalue weighted by molar-refractivity contribution is -0.145. The summed E-state index contributed by atoms with van der Waals surface area (Å²) in [5, 5.41) is 6.55. The Labute approximate surface area is 219 Å². The molecule has 12 nitrogen and oxygen atoms in total. The first-order valence-corrected chi connectivity index (χ1v) is 11.7. The number of aromatic nitrogens is 2. The minimum atomic E-state index is -0.982. The maximum absolute atomic E-state index is 12.8. The number of carbonyl (C=O) groups excluding carboxylic acids is 3. The zero-order valence-electron chi connectivity index (χ0n) is 21.0. The molecule has 0 saturated carbocycles. The van der Waals surface area contributed by atoms with E-state index in [4.69, 9.17) is 18.9 Å². The van der Waals surface area contributed by atoms with E-state index in [9.17, 15) is 14.4 Å². The number of rotatable bonds is 13. The number of carbonyl (C=O) groups is 3. The lowest BCUT2D eigenvalue weighted by Gasteiger charge is -2.16. The Morgan fingerprint density at radius 2 is 1.92 bits per heavy atom. The number of nitrogens with zero attached hydrogens (tertiary/aromatic N) is 2. The van der Waals surface area contributed by atoms with Crippen LogP contribution in [0.25, 0.3) is 0 Å². The van der Waals surface area contributed by atoms with E-state index in [2.05, 4.69) is 25.8 Å². The molecule has 0 saturated heterocycles. The molecule has 12 heteroatoms. The van der Waals surface area contributed by atoms with Gasteiger partial charge in [0.2, 0.25) is 0 Å². The number of hydrogen-bond donors (Lipinski definition) is 3. The van der Waals surface area contributed by atoms with E-state index < -0.39 is 24.0 Å². The highest BCUT2D eigenvalue weighted by Gasteiger charge is 2.22. The van der Waals surface area contributed by atoms with Crippen molar-refractivity contribution < 1.29 is 33.3 Å². The van der Waals surface area contributed by atoms with Crippen LogP contribution < -0.4 is 20.2 Å². The maximum atomic E-state index is 12.8. The van der Waals surface area contributed by atoms with Crippen LogP contribution in [0.5, 0.6) is 11.5 Å². The average Bonchev–Trinajstić information content (AvgIpc) is 3.44. The molecule has 0 aliphatic carbocycles. The van der Waals surface area contributed by atoms with Gasteiger partial charge in [-0.2, -0.15) is 5.10 Å². The molecule has 200 valence electrons. The number of amides is 2. The molecule has 1 aromatic heterocycles. The highest BCUT2D eigenvalue weighted by molar-refractivity contribution is 5.87. The van der Waals surface area contributed by atoms with Crippen LogP contribution in [0.1, 0.15) is 23.7 Å². The number of esters is 1. The van der Waals surface area contributed by atoms with Crippen LogP contribution in [0.2, 0.25) is 0 Å². The Morgan fingerprint density at radius 1 is 1.11 bits per heavy atom. The summed E-state index contributed by atoms with van der Waals surface area (Å²) < 4.78 is 20.8. The maximum Gasteiger partial charge on any atom is 0.408 e. The van der Waals surface area contributed by atoms with Gasteiger partial charge in [0.15, 0.2) is 18.1 Å². The minimum Gasteiger partial charge on any atom is -0.493 e. The van der Waals surface area contributed by atoms with E-state index in [0.29, 0.717) is 22.8 Å². The van der Waals surface area contributed by atoms with Gasteiger partial charge in [-0.25, -0.2) is 20.0 Å². The molecule has 0 aliphatic rings. The smallest absolute Gasteiger partial charge is 0.408 e. The SMILES string of the molecule is CCOC(=O)COc1ccc(/C=N\NC(=O)[C@@H](Cc2cnc[nH]2)NC(=O)OCc2ccccc2)cc1OC. The highest BCUT2D eigenvalue weighted by Crippen LogP contribution is 2.27. The summed E-state index contributed by atoms with van der Waals surface area (Å²) in [6, 6.07) is 13.1. The van der Waals surface area contributed by atoms with Crippen LogP contribution in [-0.4, -0.2) is 60.5 Å². The summed E-state index contributed by atoms with van der Waals surface area (Å²) in [4.78, 5) is 43.6. The van der Waals surface area contributed by atoms with Crippen LogP contribution in [-0.2, 0) is 32.1 Å². The Balaban J connectivity index is 1.59. The van der Waals surface area contributed by atoms with Gasteiger partial charge >= 0.3 is 12.1 Å². The van der Waals surface area contributed by atoms with E-state index >= 15 is 0 Å². The molecule has 1 atom stereocenters. The number of hydrogen-bond acceptors (Lipinski definition) is 9. The molecule has 2 amide bonds. The largest absolute Gasteiger partial charge is 0.493 e. The van der Waals surface area contributed by atoms with Crippen molar-refractivity contribution in [2.45, 2.75) is 26.0 Å². The zero-order valence-corrected chi connectivity index (χ0v) is 21.0. The molecule has 0 unspecified atom stereocenters. The van der Waals surface area contributed by atoms with Crippen LogP contribution in [0.15, 0.2) is 66.2 Å². The second kappa shape index (κ2) is 14.6. The molecule has 3 N–H and O–H groups in total. The van der Waals surface area contributed by atoms with E-state index in [1.807, 2.05) is 30.3 Å². The van der Waals surface area contributed by atoms with E-state index in [0.717, 1.165) is 5.56 Å². The van der Waals surface area contributed by atoms with E-state index in [1.165, 1.54) is 19.7 Å². The average molecular weight is 524 g/mol. The number of benzene rings is 2. The number of hydrazone groups is 1. The van der Waals surface area contributed by atoms with Gasteiger partial charge in [-0.05, 0) is 36.2 Å². The Hall–Kier alpha value is -4.87. The van der Waals surface area contributed by atoms with Crippen molar-refractivity contribution in [1.29, 1.82) is 0 Å². The highest BCUT2D eigenvalue weighted by atomic mass is 16.6. The van der Waals surface area contributed by atoms with Crippen molar-refractivity contribution in [3.05, 3.63) is 77.9 Å². The number of ether oxygens (including phenoxy) is 4. The van der Waals surface area contributed by atoms with Crippen molar-refractivity contribution in [2.24, 2.45) is 5.10 Å². The van der Waals surface area contributed by atoms with Crippen LogP contribution in [0.4, 0.5) is 4.79 Å². The van der Waals surface area contributed by atoms with Gasteiger partial charge in [0, 0.05) is 18.3 Å². The summed E-state index contributed by atoms with van der Waals surface area (Å²) >= 11 is 0. The summed E-state index contributed by atoms with van der Waals surface area (Å²) in [5.74, 6) is -0.344. The van der Waals surface area contributed by atoms with Crippen molar-refractivity contribution in [1.82, 2.24) is 20.7 Å². The molecule has 3 aromatic rings. The van der Waals surface area contributed by atoms with Gasteiger partial charge in [-0.3, -0.25) is 4.79 Å².